The first-order chi connectivity index (χ1) is 15.5. The highest BCUT2D eigenvalue weighted by Crippen LogP contribution is 2.43. The molecule has 1 heterocycles. The molecule has 176 valence electrons. The number of ether oxygens (including phenoxy) is 2. The molecule has 1 aliphatic rings. The van der Waals surface area contributed by atoms with E-state index in [0.29, 0.717) is 12.8 Å². The smallest absolute Gasteiger partial charge is 0.412 e. The van der Waals surface area contributed by atoms with Crippen molar-refractivity contribution in [1.29, 1.82) is 0 Å². The molecule has 0 radical (unpaired) electrons. The molecule has 0 bridgehead atoms. The molecule has 0 aromatic heterocycles. The second-order valence-electron chi connectivity index (χ2n) is 9.64. The van der Waals surface area contributed by atoms with Crippen molar-refractivity contribution in [2.75, 3.05) is 0 Å². The highest BCUT2D eigenvalue weighted by molar-refractivity contribution is 5.70. The summed E-state index contributed by atoms with van der Waals surface area (Å²) in [5, 5.41) is 10.8. The van der Waals surface area contributed by atoms with Crippen LogP contribution in [-0.4, -0.2) is 33.3 Å². The minimum atomic E-state index is -0.824. The Labute approximate surface area is 195 Å². The summed E-state index contributed by atoms with van der Waals surface area (Å²) in [7, 11) is 0. The van der Waals surface area contributed by atoms with Crippen LogP contribution in [-0.2, 0) is 9.47 Å². The number of hydrogen-bond acceptors (Lipinski definition) is 5. The number of non-ortho nitro benzene ring substituents is 1. The van der Waals surface area contributed by atoms with Crippen molar-refractivity contribution in [1.82, 2.24) is 4.90 Å². The van der Waals surface area contributed by atoms with Gasteiger partial charge in [0.1, 0.15) is 17.4 Å². The van der Waals surface area contributed by atoms with Crippen molar-refractivity contribution >= 4 is 17.9 Å². The van der Waals surface area contributed by atoms with Gasteiger partial charge in [-0.05, 0) is 70.7 Å². The molecule has 2 atom stereocenters. The minimum absolute atomic E-state index is 0.0659. The molecule has 7 nitrogen and oxygen atoms in total. The van der Waals surface area contributed by atoms with Gasteiger partial charge in [0.25, 0.3) is 5.69 Å². The summed E-state index contributed by atoms with van der Waals surface area (Å²) in [5.74, 6) is 0. The molecule has 0 spiro atoms. The van der Waals surface area contributed by atoms with Crippen molar-refractivity contribution in [2.45, 2.75) is 70.9 Å². The van der Waals surface area contributed by atoms with Gasteiger partial charge in [-0.3, -0.25) is 15.0 Å². The number of amides is 1. The van der Waals surface area contributed by atoms with Gasteiger partial charge in [0.05, 0.1) is 11.0 Å². The number of carbonyl (C=O) groups excluding carboxylic acids is 1. The lowest BCUT2D eigenvalue weighted by molar-refractivity contribution is -0.384. The Balaban J connectivity index is 1.79. The van der Waals surface area contributed by atoms with Gasteiger partial charge in [0, 0.05) is 12.1 Å². The number of carbonyl (C=O) groups is 1. The molecular weight excluding hydrogens is 420 g/mol. The van der Waals surface area contributed by atoms with Crippen LogP contribution in [0.5, 0.6) is 0 Å². The first kappa shape index (κ1) is 24.5. The Morgan fingerprint density at radius 1 is 1.15 bits per heavy atom. The van der Waals surface area contributed by atoms with Gasteiger partial charge in [-0.2, -0.15) is 0 Å². The summed E-state index contributed by atoms with van der Waals surface area (Å²) in [5.41, 5.74) is 0.526. The lowest BCUT2D eigenvalue weighted by Gasteiger charge is -2.35. The van der Waals surface area contributed by atoms with Crippen LogP contribution < -0.4 is 0 Å². The van der Waals surface area contributed by atoms with Gasteiger partial charge in [-0.1, -0.05) is 42.5 Å². The molecule has 0 N–H and O–H groups in total. The van der Waals surface area contributed by atoms with Crippen molar-refractivity contribution in [3.63, 3.8) is 0 Å². The highest BCUT2D eigenvalue weighted by Gasteiger charge is 2.51. The lowest BCUT2D eigenvalue weighted by atomic mass is 9.97. The number of nitrogens with zero attached hydrogens (tertiary/aromatic N) is 2. The van der Waals surface area contributed by atoms with Gasteiger partial charge < -0.3 is 9.47 Å². The van der Waals surface area contributed by atoms with E-state index in [1.165, 1.54) is 12.1 Å². The summed E-state index contributed by atoms with van der Waals surface area (Å²) < 4.78 is 12.1. The summed E-state index contributed by atoms with van der Waals surface area (Å²) >= 11 is 0. The molecule has 0 saturated carbocycles. The Morgan fingerprint density at radius 2 is 1.79 bits per heavy atom. The van der Waals surface area contributed by atoms with Crippen LogP contribution in [0.4, 0.5) is 10.5 Å². The third kappa shape index (κ3) is 6.20. The van der Waals surface area contributed by atoms with E-state index >= 15 is 0 Å². The quantitative estimate of drug-likeness (QED) is 0.369. The number of benzene rings is 2. The Morgan fingerprint density at radius 3 is 2.36 bits per heavy atom. The number of hydrogen-bond donors (Lipinski definition) is 0. The van der Waals surface area contributed by atoms with Crippen molar-refractivity contribution < 1.29 is 19.2 Å². The largest absolute Gasteiger partial charge is 0.444 e. The van der Waals surface area contributed by atoms with E-state index in [-0.39, 0.29) is 17.8 Å². The number of allylic oxidation sites excluding steroid dienone is 1. The molecule has 0 aliphatic carbocycles. The zero-order valence-corrected chi connectivity index (χ0v) is 19.9. The van der Waals surface area contributed by atoms with Crippen molar-refractivity contribution in [2.24, 2.45) is 0 Å². The van der Waals surface area contributed by atoms with E-state index in [1.807, 2.05) is 77.1 Å². The molecule has 1 fully saturated rings. The molecular formula is C26H32N2O5. The third-order valence-corrected chi connectivity index (χ3v) is 5.44. The van der Waals surface area contributed by atoms with E-state index in [4.69, 9.17) is 9.47 Å². The fourth-order valence-corrected chi connectivity index (χ4v) is 4.05. The lowest BCUT2D eigenvalue weighted by Crippen LogP contribution is -2.49. The Hall–Kier alpha value is -3.19. The van der Waals surface area contributed by atoms with Crippen LogP contribution in [0.1, 0.15) is 64.7 Å². The maximum atomic E-state index is 13.2. The van der Waals surface area contributed by atoms with Crippen LogP contribution >= 0.6 is 0 Å². The van der Waals surface area contributed by atoms with Crippen LogP contribution in [0.3, 0.4) is 0 Å². The van der Waals surface area contributed by atoms with Gasteiger partial charge in [0.2, 0.25) is 0 Å². The second-order valence-corrected chi connectivity index (χ2v) is 9.64. The fraction of sp³-hybridized carbons (Fsp3) is 0.423. The van der Waals surface area contributed by atoms with Gasteiger partial charge in [0.15, 0.2) is 0 Å². The van der Waals surface area contributed by atoms with Crippen molar-refractivity contribution in [3.8, 4) is 0 Å². The molecule has 1 amide bonds. The summed E-state index contributed by atoms with van der Waals surface area (Å²) in [6.07, 6.45) is 4.65. The summed E-state index contributed by atoms with van der Waals surface area (Å²) in [4.78, 5) is 25.3. The van der Waals surface area contributed by atoms with E-state index < -0.39 is 22.3 Å². The highest BCUT2D eigenvalue weighted by atomic mass is 16.6. The van der Waals surface area contributed by atoms with Gasteiger partial charge in [-0.15, -0.1) is 0 Å². The molecule has 2 aromatic rings. The predicted octanol–water partition coefficient (Wildman–Crippen LogP) is 6.50. The van der Waals surface area contributed by atoms with E-state index in [0.717, 1.165) is 11.1 Å². The number of nitro benzene ring substituents is 1. The fourth-order valence-electron chi connectivity index (χ4n) is 4.05. The summed E-state index contributed by atoms with van der Waals surface area (Å²) in [6, 6.07) is 16.1. The van der Waals surface area contributed by atoms with Crippen LogP contribution in [0.25, 0.3) is 6.08 Å². The average Bonchev–Trinajstić information content (AvgIpc) is 3.01. The average molecular weight is 453 g/mol. The second kappa shape index (κ2) is 9.75. The monoisotopic (exact) mass is 452 g/mol. The first-order valence-corrected chi connectivity index (χ1v) is 11.1. The molecule has 33 heavy (non-hydrogen) atoms. The molecule has 2 unspecified atom stereocenters. The third-order valence-electron chi connectivity index (χ3n) is 5.44. The molecule has 1 aliphatic heterocycles. The van der Waals surface area contributed by atoms with Crippen LogP contribution in [0.2, 0.25) is 0 Å². The Kier molecular flexibility index (Phi) is 7.22. The SMILES string of the molecule is CC(C)(C)OC(=O)N1C(CCC=Cc2ccc([N+](=O)[O-])cc2)C(c2ccccc2)OC1(C)C. The van der Waals surface area contributed by atoms with E-state index in [9.17, 15) is 14.9 Å². The molecule has 1 saturated heterocycles. The van der Waals surface area contributed by atoms with Gasteiger partial charge >= 0.3 is 6.09 Å². The van der Waals surface area contributed by atoms with Crippen LogP contribution in [0, 0.1) is 10.1 Å². The standard InChI is InChI=1S/C26H32N2O5/c1-25(2,3)33-24(29)27-22(23(32-26(27,4)5)20-12-7-6-8-13-20)14-10-9-11-19-15-17-21(18-16-19)28(30)31/h6-9,11-13,15-18,22-23H,10,14H2,1-5H3. The zero-order valence-electron chi connectivity index (χ0n) is 19.9. The van der Waals surface area contributed by atoms with E-state index in [2.05, 4.69) is 0 Å². The number of rotatable bonds is 6. The molecule has 7 heteroatoms. The summed E-state index contributed by atoms with van der Waals surface area (Å²) in [6.45, 7) is 9.33. The van der Waals surface area contributed by atoms with Gasteiger partial charge in [-0.25, -0.2) is 4.79 Å². The number of nitro groups is 1. The predicted molar refractivity (Wildman–Crippen MR) is 128 cm³/mol. The first-order valence-electron chi connectivity index (χ1n) is 11.1. The van der Waals surface area contributed by atoms with Crippen molar-refractivity contribution in [3.05, 3.63) is 81.9 Å². The van der Waals surface area contributed by atoms with E-state index in [1.54, 1.807) is 17.0 Å². The molecule has 3 rings (SSSR count). The minimum Gasteiger partial charge on any atom is -0.444 e. The Bertz CT molecular complexity index is 994. The maximum Gasteiger partial charge on any atom is 0.412 e. The molecule has 2 aromatic carbocycles. The van der Waals surface area contributed by atoms with Crippen LogP contribution in [0.15, 0.2) is 60.7 Å². The normalized spacial score (nSPS) is 20.2. The maximum absolute atomic E-state index is 13.2. The zero-order chi connectivity index (χ0) is 24.2. The topological polar surface area (TPSA) is 81.9 Å².